The maximum atomic E-state index is 13.1. The summed E-state index contributed by atoms with van der Waals surface area (Å²) in [6, 6.07) is 11.6. The van der Waals surface area contributed by atoms with E-state index >= 15 is 0 Å². The smallest absolute Gasteiger partial charge is 0.262 e. The van der Waals surface area contributed by atoms with Gasteiger partial charge in [0.25, 0.3) is 5.91 Å². The standard InChI is InChI=1S/C19H14ClFN4OS/c1-10-4-3-5-14-16(10)22-19(27-14)23-18(26)15-11(2)24-25(17(15)20)13-8-6-12(21)7-9-13/h3-9H,1-2H3,(H,22,23,26). The van der Waals surface area contributed by atoms with Crippen LogP contribution in [0.4, 0.5) is 9.52 Å². The Balaban J connectivity index is 1.67. The fraction of sp³-hybridized carbons (Fsp3) is 0.105. The Morgan fingerprint density at radius 3 is 2.63 bits per heavy atom. The van der Waals surface area contributed by atoms with E-state index in [1.54, 1.807) is 19.1 Å². The van der Waals surface area contributed by atoms with Crippen LogP contribution in [-0.2, 0) is 0 Å². The number of carbonyl (C=O) groups excluding carboxylic acids is 1. The summed E-state index contributed by atoms with van der Waals surface area (Å²) in [6.45, 7) is 3.67. The van der Waals surface area contributed by atoms with Crippen molar-refractivity contribution in [2.24, 2.45) is 0 Å². The number of para-hydroxylation sites is 1. The number of hydrogen-bond donors (Lipinski definition) is 1. The Kier molecular flexibility index (Phi) is 4.41. The zero-order valence-electron chi connectivity index (χ0n) is 14.5. The van der Waals surface area contributed by atoms with Crippen molar-refractivity contribution in [3.05, 3.63) is 70.3 Å². The molecule has 136 valence electrons. The predicted molar refractivity (Wildman–Crippen MR) is 106 cm³/mol. The van der Waals surface area contributed by atoms with E-state index in [2.05, 4.69) is 15.4 Å². The first-order valence-electron chi connectivity index (χ1n) is 8.12. The Morgan fingerprint density at radius 1 is 1.19 bits per heavy atom. The van der Waals surface area contributed by atoms with E-state index in [1.807, 2.05) is 25.1 Å². The van der Waals surface area contributed by atoms with Crippen LogP contribution in [0.2, 0.25) is 5.15 Å². The number of halogens is 2. The minimum absolute atomic E-state index is 0.161. The number of anilines is 1. The topological polar surface area (TPSA) is 59.8 Å². The van der Waals surface area contributed by atoms with Gasteiger partial charge < -0.3 is 0 Å². The highest BCUT2D eigenvalue weighted by Crippen LogP contribution is 2.30. The van der Waals surface area contributed by atoms with E-state index in [0.29, 0.717) is 16.5 Å². The fourth-order valence-corrected chi connectivity index (χ4v) is 4.11. The van der Waals surface area contributed by atoms with E-state index in [9.17, 15) is 9.18 Å². The van der Waals surface area contributed by atoms with Crippen molar-refractivity contribution in [1.82, 2.24) is 14.8 Å². The molecule has 0 aliphatic heterocycles. The number of benzene rings is 2. The molecule has 5 nitrogen and oxygen atoms in total. The summed E-state index contributed by atoms with van der Waals surface area (Å²) < 4.78 is 15.5. The molecule has 1 amide bonds. The van der Waals surface area contributed by atoms with E-state index in [-0.39, 0.29) is 22.4 Å². The van der Waals surface area contributed by atoms with Gasteiger partial charge in [0.05, 0.1) is 21.6 Å². The summed E-state index contributed by atoms with van der Waals surface area (Å²) in [6.07, 6.45) is 0. The number of aryl methyl sites for hydroxylation is 2. The van der Waals surface area contributed by atoms with Crippen molar-refractivity contribution in [2.45, 2.75) is 13.8 Å². The van der Waals surface area contributed by atoms with Crippen LogP contribution in [0.25, 0.3) is 15.9 Å². The first-order chi connectivity index (χ1) is 12.9. The van der Waals surface area contributed by atoms with Gasteiger partial charge in [-0.3, -0.25) is 10.1 Å². The molecule has 0 radical (unpaired) electrons. The molecule has 0 unspecified atom stereocenters. The second-order valence-corrected chi connectivity index (χ2v) is 7.42. The lowest BCUT2D eigenvalue weighted by Crippen LogP contribution is -2.13. The third kappa shape index (κ3) is 3.20. The third-order valence-electron chi connectivity index (χ3n) is 4.14. The summed E-state index contributed by atoms with van der Waals surface area (Å²) in [5.41, 5.74) is 3.21. The number of amides is 1. The van der Waals surface area contributed by atoms with Crippen molar-refractivity contribution < 1.29 is 9.18 Å². The number of thiazole rings is 1. The summed E-state index contributed by atoms with van der Waals surface area (Å²) in [5.74, 6) is -0.745. The van der Waals surface area contributed by atoms with Gasteiger partial charge in [-0.15, -0.1) is 0 Å². The summed E-state index contributed by atoms with van der Waals surface area (Å²) in [4.78, 5) is 17.3. The number of carbonyl (C=O) groups is 1. The highest BCUT2D eigenvalue weighted by Gasteiger charge is 2.22. The average molecular weight is 401 g/mol. The summed E-state index contributed by atoms with van der Waals surface area (Å²) in [7, 11) is 0. The number of nitrogens with zero attached hydrogens (tertiary/aromatic N) is 3. The molecule has 0 spiro atoms. The van der Waals surface area contributed by atoms with E-state index in [1.165, 1.54) is 28.2 Å². The molecular formula is C19H14ClFN4OS. The molecule has 0 fully saturated rings. The lowest BCUT2D eigenvalue weighted by molar-refractivity contribution is 0.102. The first-order valence-corrected chi connectivity index (χ1v) is 9.32. The van der Waals surface area contributed by atoms with Crippen LogP contribution in [0.3, 0.4) is 0 Å². The van der Waals surface area contributed by atoms with Crippen LogP contribution in [0.1, 0.15) is 21.6 Å². The maximum Gasteiger partial charge on any atom is 0.262 e. The van der Waals surface area contributed by atoms with Crippen molar-refractivity contribution in [2.75, 3.05) is 5.32 Å². The SMILES string of the molecule is Cc1nn(-c2ccc(F)cc2)c(Cl)c1C(=O)Nc1nc2c(C)cccc2s1. The second-order valence-electron chi connectivity index (χ2n) is 6.03. The minimum atomic E-state index is -0.387. The normalized spacial score (nSPS) is 11.1. The molecular weight excluding hydrogens is 387 g/mol. The van der Waals surface area contributed by atoms with Gasteiger partial charge in [-0.2, -0.15) is 5.10 Å². The molecule has 0 saturated heterocycles. The number of aromatic nitrogens is 3. The molecule has 0 aliphatic carbocycles. The van der Waals surface area contributed by atoms with Gasteiger partial charge in [-0.25, -0.2) is 14.1 Å². The highest BCUT2D eigenvalue weighted by molar-refractivity contribution is 7.22. The van der Waals surface area contributed by atoms with Crippen molar-refractivity contribution in [3.8, 4) is 5.69 Å². The summed E-state index contributed by atoms with van der Waals surface area (Å²) in [5, 5.41) is 7.77. The van der Waals surface area contributed by atoms with Crippen LogP contribution in [-0.4, -0.2) is 20.7 Å². The molecule has 0 saturated carbocycles. The lowest BCUT2D eigenvalue weighted by Gasteiger charge is -2.04. The molecule has 2 aromatic heterocycles. The zero-order valence-corrected chi connectivity index (χ0v) is 16.0. The molecule has 0 aliphatic rings. The van der Waals surface area contributed by atoms with Crippen molar-refractivity contribution >= 4 is 44.2 Å². The molecule has 27 heavy (non-hydrogen) atoms. The molecule has 2 heterocycles. The van der Waals surface area contributed by atoms with Crippen LogP contribution in [0, 0.1) is 19.7 Å². The second kappa shape index (κ2) is 6.75. The highest BCUT2D eigenvalue weighted by atomic mass is 35.5. The maximum absolute atomic E-state index is 13.1. The monoisotopic (exact) mass is 400 g/mol. The predicted octanol–water partition coefficient (Wildman–Crippen LogP) is 5.14. The molecule has 1 N–H and O–H groups in total. The molecule has 4 aromatic rings. The van der Waals surface area contributed by atoms with Gasteiger partial charge >= 0.3 is 0 Å². The van der Waals surface area contributed by atoms with Gasteiger partial charge in [0.2, 0.25) is 0 Å². The van der Waals surface area contributed by atoms with Crippen molar-refractivity contribution in [1.29, 1.82) is 0 Å². The van der Waals surface area contributed by atoms with E-state index < -0.39 is 0 Å². The van der Waals surface area contributed by atoms with Gasteiger partial charge in [0, 0.05) is 0 Å². The lowest BCUT2D eigenvalue weighted by atomic mass is 10.2. The van der Waals surface area contributed by atoms with Crippen molar-refractivity contribution in [3.63, 3.8) is 0 Å². The summed E-state index contributed by atoms with van der Waals surface area (Å²) >= 11 is 7.79. The average Bonchev–Trinajstić information content (AvgIpc) is 3.17. The molecule has 0 atom stereocenters. The molecule has 8 heteroatoms. The van der Waals surface area contributed by atoms with Crippen LogP contribution < -0.4 is 5.32 Å². The Morgan fingerprint density at radius 2 is 1.93 bits per heavy atom. The number of rotatable bonds is 3. The zero-order chi connectivity index (χ0) is 19.1. The van der Waals surface area contributed by atoms with Gasteiger partial charge in [0.15, 0.2) is 5.13 Å². The number of nitrogens with one attached hydrogen (secondary N) is 1. The minimum Gasteiger partial charge on any atom is -0.298 e. The van der Waals surface area contributed by atoms with E-state index in [0.717, 1.165) is 15.8 Å². The Hall–Kier alpha value is -2.77. The van der Waals surface area contributed by atoms with Crippen LogP contribution in [0.5, 0.6) is 0 Å². The van der Waals surface area contributed by atoms with Crippen LogP contribution >= 0.6 is 22.9 Å². The number of fused-ring (bicyclic) bond motifs is 1. The quantitative estimate of drug-likeness (QED) is 0.517. The largest absolute Gasteiger partial charge is 0.298 e. The first kappa shape index (κ1) is 17.6. The molecule has 4 rings (SSSR count). The van der Waals surface area contributed by atoms with E-state index in [4.69, 9.17) is 11.6 Å². The Labute approximate surface area is 163 Å². The van der Waals surface area contributed by atoms with Gasteiger partial charge in [-0.05, 0) is 49.7 Å². The molecule has 2 aromatic carbocycles. The van der Waals surface area contributed by atoms with Gasteiger partial charge in [0.1, 0.15) is 16.5 Å². The Bertz CT molecular complexity index is 1170. The fourth-order valence-electron chi connectivity index (χ4n) is 2.81. The third-order valence-corrected chi connectivity index (χ3v) is 5.43. The van der Waals surface area contributed by atoms with Crippen LogP contribution in [0.15, 0.2) is 42.5 Å². The molecule has 0 bridgehead atoms. The van der Waals surface area contributed by atoms with Gasteiger partial charge in [-0.1, -0.05) is 35.1 Å². The number of hydrogen-bond acceptors (Lipinski definition) is 4.